The van der Waals surface area contributed by atoms with E-state index in [-0.39, 0.29) is 23.2 Å². The van der Waals surface area contributed by atoms with Crippen LogP contribution >= 0.6 is 0 Å². The Kier molecular flexibility index (Phi) is 2.63. The van der Waals surface area contributed by atoms with E-state index in [0.29, 0.717) is 30.6 Å². The first-order chi connectivity index (χ1) is 9.51. The van der Waals surface area contributed by atoms with Gasteiger partial charge in [0.15, 0.2) is 0 Å². The minimum atomic E-state index is -0.634. The van der Waals surface area contributed by atoms with E-state index < -0.39 is 9.85 Å². The van der Waals surface area contributed by atoms with Crippen LogP contribution in [0.3, 0.4) is 0 Å². The van der Waals surface area contributed by atoms with Crippen molar-refractivity contribution in [1.82, 2.24) is 5.01 Å². The fourth-order valence-corrected chi connectivity index (χ4v) is 3.26. The molecule has 0 aromatic heterocycles. The second kappa shape index (κ2) is 4.22. The number of nitro groups is 2. The van der Waals surface area contributed by atoms with Crippen LogP contribution in [0.4, 0.5) is 11.4 Å². The number of rotatable bonds is 3. The Balaban J connectivity index is 2.17. The zero-order chi connectivity index (χ0) is 14.4. The molecule has 0 saturated carbocycles. The third-order valence-electron chi connectivity index (χ3n) is 3.98. The van der Waals surface area contributed by atoms with Gasteiger partial charge in [-0.05, 0) is 12.0 Å². The fourth-order valence-electron chi connectivity index (χ4n) is 3.26. The molecular formula is C11H10N4O5. The van der Waals surface area contributed by atoms with Gasteiger partial charge in [-0.25, -0.2) is 0 Å². The summed E-state index contributed by atoms with van der Waals surface area (Å²) in [6, 6.07) is 2.39. The maximum atomic E-state index is 11.2. The Bertz CT molecular complexity index is 631. The summed E-state index contributed by atoms with van der Waals surface area (Å²) >= 11 is 0. The Morgan fingerprint density at radius 3 is 2.45 bits per heavy atom. The number of non-ortho nitro benzene ring substituents is 1. The number of nitro benzene ring substituents is 2. The van der Waals surface area contributed by atoms with Gasteiger partial charge in [-0.1, -0.05) is 0 Å². The number of hydrogen-bond acceptors (Lipinski definition) is 6. The molecule has 1 aliphatic heterocycles. The van der Waals surface area contributed by atoms with Crippen molar-refractivity contribution in [3.63, 3.8) is 0 Å². The van der Waals surface area contributed by atoms with Gasteiger partial charge in [0.25, 0.3) is 11.4 Å². The van der Waals surface area contributed by atoms with Crippen LogP contribution in [0.2, 0.25) is 0 Å². The number of piperidine rings is 1. The van der Waals surface area contributed by atoms with Crippen LogP contribution in [0.1, 0.15) is 29.4 Å². The van der Waals surface area contributed by atoms with Gasteiger partial charge in [-0.15, -0.1) is 4.91 Å². The monoisotopic (exact) mass is 278 g/mol. The molecule has 9 heteroatoms. The summed E-state index contributed by atoms with van der Waals surface area (Å²) in [6.45, 7) is 0.678. The predicted molar refractivity (Wildman–Crippen MR) is 67.2 cm³/mol. The van der Waals surface area contributed by atoms with E-state index in [1.807, 2.05) is 0 Å². The summed E-state index contributed by atoms with van der Waals surface area (Å²) in [7, 11) is 0. The molecule has 9 nitrogen and oxygen atoms in total. The summed E-state index contributed by atoms with van der Waals surface area (Å²) < 4.78 is 0. The zero-order valence-electron chi connectivity index (χ0n) is 10.3. The van der Waals surface area contributed by atoms with E-state index in [9.17, 15) is 25.1 Å². The van der Waals surface area contributed by atoms with Crippen LogP contribution in [0.15, 0.2) is 17.4 Å². The van der Waals surface area contributed by atoms with E-state index in [0.717, 1.165) is 6.07 Å². The van der Waals surface area contributed by atoms with Gasteiger partial charge in [0, 0.05) is 36.6 Å². The van der Waals surface area contributed by atoms with Crippen molar-refractivity contribution in [3.8, 4) is 0 Å². The van der Waals surface area contributed by atoms with Crippen molar-refractivity contribution in [2.45, 2.75) is 18.3 Å². The average Bonchev–Trinajstić information content (AvgIpc) is 2.69. The van der Waals surface area contributed by atoms with Crippen LogP contribution in [0.25, 0.3) is 0 Å². The first kappa shape index (κ1) is 12.5. The molecular weight excluding hydrogens is 268 g/mol. The fraction of sp³-hybridized carbons (Fsp3) is 0.455. The molecule has 20 heavy (non-hydrogen) atoms. The lowest BCUT2D eigenvalue weighted by Gasteiger charge is -2.26. The lowest BCUT2D eigenvalue weighted by molar-refractivity contribution is -0.394. The van der Waals surface area contributed by atoms with Crippen LogP contribution in [0, 0.1) is 25.1 Å². The zero-order valence-corrected chi connectivity index (χ0v) is 10.3. The summed E-state index contributed by atoms with van der Waals surface area (Å²) in [5.41, 5.74) is 0.627. The summed E-state index contributed by atoms with van der Waals surface area (Å²) in [6.07, 6.45) is 0.670. The highest BCUT2D eigenvalue weighted by Gasteiger charge is 2.43. The molecule has 2 aliphatic rings. The molecule has 0 radical (unpaired) electrons. The van der Waals surface area contributed by atoms with Crippen LogP contribution in [0.5, 0.6) is 0 Å². The quantitative estimate of drug-likeness (QED) is 0.474. The highest BCUT2D eigenvalue weighted by Crippen LogP contribution is 2.50. The lowest BCUT2D eigenvalue weighted by atomic mass is 9.97. The van der Waals surface area contributed by atoms with E-state index in [4.69, 9.17) is 0 Å². The van der Waals surface area contributed by atoms with E-state index >= 15 is 0 Å². The second-order valence-electron chi connectivity index (χ2n) is 5.06. The minimum absolute atomic E-state index is 0.111. The molecule has 1 aromatic rings. The summed E-state index contributed by atoms with van der Waals surface area (Å²) in [5, 5.41) is 26.3. The van der Waals surface area contributed by atoms with E-state index in [2.05, 4.69) is 5.29 Å². The smallest absolute Gasteiger partial charge is 0.260 e. The molecule has 2 atom stereocenters. The Morgan fingerprint density at radius 2 is 1.85 bits per heavy atom. The average molecular weight is 278 g/mol. The minimum Gasteiger partial charge on any atom is -0.260 e. The maximum Gasteiger partial charge on any atom is 0.280 e. The van der Waals surface area contributed by atoms with Gasteiger partial charge in [0.05, 0.1) is 21.2 Å². The normalized spacial score (nSPS) is 23.3. The van der Waals surface area contributed by atoms with Crippen LogP contribution < -0.4 is 0 Å². The molecule has 104 valence electrons. The lowest BCUT2D eigenvalue weighted by Crippen LogP contribution is -2.30. The van der Waals surface area contributed by atoms with Gasteiger partial charge >= 0.3 is 0 Å². The molecule has 2 bridgehead atoms. The summed E-state index contributed by atoms with van der Waals surface area (Å²) in [4.78, 5) is 31.5. The van der Waals surface area contributed by atoms with E-state index in [1.165, 1.54) is 11.1 Å². The Hall–Kier alpha value is -2.58. The first-order valence-electron chi connectivity index (χ1n) is 6.06. The molecule has 0 spiro atoms. The van der Waals surface area contributed by atoms with Crippen LogP contribution in [-0.4, -0.2) is 27.9 Å². The number of hydrogen-bond donors (Lipinski definition) is 0. The molecule has 1 saturated heterocycles. The van der Waals surface area contributed by atoms with Crippen LogP contribution in [-0.2, 0) is 0 Å². The SMILES string of the molecule is O=NN1CC2CC(C1)c1c2cc([N+](=O)[O-])cc1[N+](=O)[O-]. The number of nitrogens with zero attached hydrogens (tertiary/aromatic N) is 4. The second-order valence-corrected chi connectivity index (χ2v) is 5.06. The molecule has 3 rings (SSSR count). The number of nitroso groups, excluding NO2 is 1. The Morgan fingerprint density at radius 1 is 1.15 bits per heavy atom. The highest BCUT2D eigenvalue weighted by atomic mass is 16.6. The molecule has 1 fully saturated rings. The first-order valence-corrected chi connectivity index (χ1v) is 6.06. The molecule has 1 aromatic carbocycles. The highest BCUT2D eigenvalue weighted by molar-refractivity contribution is 5.59. The molecule has 1 aliphatic carbocycles. The van der Waals surface area contributed by atoms with Gasteiger partial charge in [0.1, 0.15) is 0 Å². The number of fused-ring (bicyclic) bond motifs is 5. The number of benzene rings is 1. The van der Waals surface area contributed by atoms with Gasteiger partial charge in [0.2, 0.25) is 0 Å². The van der Waals surface area contributed by atoms with Crippen molar-refractivity contribution < 1.29 is 9.85 Å². The Labute approximate surface area is 112 Å². The van der Waals surface area contributed by atoms with Gasteiger partial charge in [-0.3, -0.25) is 25.2 Å². The van der Waals surface area contributed by atoms with E-state index in [1.54, 1.807) is 0 Å². The van der Waals surface area contributed by atoms with Crippen molar-refractivity contribution in [1.29, 1.82) is 0 Å². The standard InChI is InChI=1S/C11H10N4O5/c16-12-13-4-6-1-7(5-13)11-9(6)2-8(14(17)18)3-10(11)15(19)20/h2-3,6-7H,1,4-5H2. The van der Waals surface area contributed by atoms with Crippen molar-refractivity contribution in [3.05, 3.63) is 48.4 Å². The predicted octanol–water partition coefficient (Wildman–Crippen LogP) is 2.07. The maximum absolute atomic E-state index is 11.2. The topological polar surface area (TPSA) is 119 Å². The molecule has 1 heterocycles. The van der Waals surface area contributed by atoms with Gasteiger partial charge in [-0.2, -0.15) is 0 Å². The third-order valence-corrected chi connectivity index (χ3v) is 3.98. The van der Waals surface area contributed by atoms with Crippen molar-refractivity contribution in [2.24, 2.45) is 5.29 Å². The largest absolute Gasteiger partial charge is 0.280 e. The third kappa shape index (κ3) is 1.70. The summed E-state index contributed by atoms with van der Waals surface area (Å²) in [5.74, 6) is -0.275. The molecule has 0 amide bonds. The molecule has 2 unspecified atom stereocenters. The van der Waals surface area contributed by atoms with Crippen molar-refractivity contribution in [2.75, 3.05) is 13.1 Å². The molecule has 0 N–H and O–H groups in total. The van der Waals surface area contributed by atoms with Crippen molar-refractivity contribution >= 4 is 11.4 Å². The van der Waals surface area contributed by atoms with Gasteiger partial charge < -0.3 is 0 Å².